The third kappa shape index (κ3) is 5.87. The first-order valence-electron chi connectivity index (χ1n) is 12.2. The van der Waals surface area contributed by atoms with Crippen molar-refractivity contribution in [1.29, 1.82) is 0 Å². The van der Waals surface area contributed by atoms with Gasteiger partial charge in [0.15, 0.2) is 0 Å². The van der Waals surface area contributed by atoms with Crippen molar-refractivity contribution in [3.8, 4) is 11.1 Å². The fourth-order valence-corrected chi connectivity index (χ4v) is 5.00. The highest BCUT2D eigenvalue weighted by Gasteiger charge is 2.28. The van der Waals surface area contributed by atoms with Gasteiger partial charge in [0.05, 0.1) is 6.42 Å². The molecule has 0 aliphatic heterocycles. The second-order valence-electron chi connectivity index (χ2n) is 9.25. The van der Waals surface area contributed by atoms with Crippen molar-refractivity contribution in [3.05, 3.63) is 131 Å². The van der Waals surface area contributed by atoms with E-state index < -0.39 is 5.97 Å². The Bertz CT molecular complexity index is 1250. The van der Waals surface area contributed by atoms with Crippen molar-refractivity contribution in [2.75, 3.05) is 0 Å². The van der Waals surface area contributed by atoms with Crippen LogP contribution in [0.5, 0.6) is 0 Å². The maximum absolute atomic E-state index is 12.1. The van der Waals surface area contributed by atoms with Crippen LogP contribution in [0.15, 0.2) is 103 Å². The molecule has 0 radical (unpaired) electrons. The van der Waals surface area contributed by atoms with E-state index in [4.69, 9.17) is 0 Å². The van der Waals surface area contributed by atoms with Crippen LogP contribution in [0, 0.1) is 13.8 Å². The molecule has 4 aromatic rings. The second-order valence-corrected chi connectivity index (χ2v) is 9.25. The Morgan fingerprint density at radius 2 is 1.34 bits per heavy atom. The fourth-order valence-electron chi connectivity index (χ4n) is 5.00. The molecule has 0 aliphatic rings. The second kappa shape index (κ2) is 11.2. The van der Waals surface area contributed by atoms with Gasteiger partial charge >= 0.3 is 5.97 Å². The van der Waals surface area contributed by atoms with E-state index in [0.717, 1.165) is 16.7 Å². The Balaban J connectivity index is 1.81. The molecule has 0 aliphatic carbocycles. The first-order valence-corrected chi connectivity index (χ1v) is 12.2. The van der Waals surface area contributed by atoms with Gasteiger partial charge in [-0.3, -0.25) is 9.69 Å². The smallest absolute Gasteiger partial charge is 0.305 e. The summed E-state index contributed by atoms with van der Waals surface area (Å²) in [6.07, 6.45) is 0.0280. The van der Waals surface area contributed by atoms with E-state index in [-0.39, 0.29) is 18.5 Å². The zero-order valence-electron chi connectivity index (χ0n) is 20.7. The molecule has 1 N–H and O–H groups in total. The average molecular weight is 464 g/mol. The van der Waals surface area contributed by atoms with Gasteiger partial charge < -0.3 is 5.11 Å². The number of carbonyl (C=O) groups is 1. The van der Waals surface area contributed by atoms with Crippen molar-refractivity contribution in [1.82, 2.24) is 4.90 Å². The number of carboxylic acid groups (broad SMARTS) is 1. The summed E-state index contributed by atoms with van der Waals surface area (Å²) >= 11 is 0. The van der Waals surface area contributed by atoms with Crippen molar-refractivity contribution < 1.29 is 9.90 Å². The molecule has 0 aromatic heterocycles. The molecule has 3 heteroatoms. The largest absolute Gasteiger partial charge is 0.481 e. The Kier molecular flexibility index (Phi) is 7.79. The zero-order chi connectivity index (χ0) is 24.8. The molecule has 2 atom stereocenters. The Morgan fingerprint density at radius 3 is 1.97 bits per heavy atom. The van der Waals surface area contributed by atoms with Gasteiger partial charge in [0.1, 0.15) is 0 Å². The molecular formula is C32H33NO2. The van der Waals surface area contributed by atoms with Crippen LogP contribution >= 0.6 is 0 Å². The summed E-state index contributed by atoms with van der Waals surface area (Å²) in [6, 6.07) is 35.1. The average Bonchev–Trinajstić information content (AvgIpc) is 2.87. The molecule has 2 unspecified atom stereocenters. The molecule has 0 heterocycles. The van der Waals surface area contributed by atoms with Crippen molar-refractivity contribution in [2.45, 2.75) is 45.8 Å². The molecule has 0 bridgehead atoms. The first kappa shape index (κ1) is 24.4. The summed E-state index contributed by atoms with van der Waals surface area (Å²) in [5.41, 5.74) is 8.13. The Labute approximate surface area is 208 Å². The topological polar surface area (TPSA) is 40.5 Å². The normalized spacial score (nSPS) is 12.9. The van der Waals surface area contributed by atoms with E-state index in [9.17, 15) is 9.90 Å². The van der Waals surface area contributed by atoms with Gasteiger partial charge in [0.25, 0.3) is 0 Å². The van der Waals surface area contributed by atoms with E-state index in [0.29, 0.717) is 6.54 Å². The Hall–Kier alpha value is -3.69. The SMILES string of the molecule is Cc1cccc(C)c1-c1cccc(C(CC(=O)O)N(Cc2ccccc2)C(C)c2ccccc2)c1. The molecular weight excluding hydrogens is 430 g/mol. The number of nitrogens with zero attached hydrogens (tertiary/aromatic N) is 1. The molecule has 4 aromatic carbocycles. The summed E-state index contributed by atoms with van der Waals surface area (Å²) in [4.78, 5) is 14.5. The number of hydrogen-bond donors (Lipinski definition) is 1. The highest BCUT2D eigenvalue weighted by molar-refractivity contribution is 5.72. The summed E-state index contributed by atoms with van der Waals surface area (Å²) in [5.74, 6) is -0.800. The third-order valence-electron chi connectivity index (χ3n) is 6.80. The maximum Gasteiger partial charge on any atom is 0.305 e. The highest BCUT2D eigenvalue weighted by Crippen LogP contribution is 2.37. The lowest BCUT2D eigenvalue weighted by atomic mass is 9.91. The lowest BCUT2D eigenvalue weighted by molar-refractivity contribution is -0.138. The van der Waals surface area contributed by atoms with Gasteiger partial charge in [0.2, 0.25) is 0 Å². The summed E-state index contributed by atoms with van der Waals surface area (Å²) in [6.45, 7) is 7.08. The van der Waals surface area contributed by atoms with E-state index in [2.05, 4.69) is 92.4 Å². The number of aryl methyl sites for hydroxylation is 2. The van der Waals surface area contributed by atoms with Crippen LogP contribution in [-0.2, 0) is 11.3 Å². The maximum atomic E-state index is 12.1. The standard InChI is InChI=1S/C32H33NO2/c1-23-12-10-13-24(2)32(23)29-19-11-18-28(20-29)30(21-31(34)35)33(22-26-14-6-4-7-15-26)25(3)27-16-8-5-9-17-27/h4-20,25,30H,21-22H2,1-3H3,(H,34,35). The van der Waals surface area contributed by atoms with Gasteiger partial charge in [-0.2, -0.15) is 0 Å². The zero-order valence-corrected chi connectivity index (χ0v) is 20.7. The van der Waals surface area contributed by atoms with Crippen LogP contribution in [0.3, 0.4) is 0 Å². The van der Waals surface area contributed by atoms with Crippen LogP contribution in [0.2, 0.25) is 0 Å². The first-order chi connectivity index (χ1) is 16.9. The predicted molar refractivity (Wildman–Crippen MR) is 143 cm³/mol. The van der Waals surface area contributed by atoms with E-state index in [1.165, 1.54) is 22.3 Å². The molecule has 4 rings (SSSR count). The molecule has 0 spiro atoms. The van der Waals surface area contributed by atoms with Gasteiger partial charge in [0, 0.05) is 18.6 Å². The van der Waals surface area contributed by atoms with E-state index in [1.807, 2.05) is 36.4 Å². The molecule has 0 fully saturated rings. The predicted octanol–water partition coefficient (Wildman–Crippen LogP) is 7.75. The van der Waals surface area contributed by atoms with Crippen LogP contribution < -0.4 is 0 Å². The van der Waals surface area contributed by atoms with E-state index in [1.54, 1.807) is 0 Å². The molecule has 0 saturated heterocycles. The van der Waals surface area contributed by atoms with Gasteiger partial charge in [-0.05, 0) is 65.8 Å². The lowest BCUT2D eigenvalue weighted by Gasteiger charge is -2.37. The monoisotopic (exact) mass is 463 g/mol. The highest BCUT2D eigenvalue weighted by atomic mass is 16.4. The number of benzene rings is 4. The number of carboxylic acids is 1. The third-order valence-corrected chi connectivity index (χ3v) is 6.80. The van der Waals surface area contributed by atoms with Gasteiger partial charge in [-0.25, -0.2) is 0 Å². The lowest BCUT2D eigenvalue weighted by Crippen LogP contribution is -2.32. The summed E-state index contributed by atoms with van der Waals surface area (Å²) in [5, 5.41) is 9.96. The fraction of sp³-hybridized carbons (Fsp3) is 0.219. The minimum absolute atomic E-state index is 0.0280. The van der Waals surface area contributed by atoms with Gasteiger partial charge in [-0.1, -0.05) is 97.1 Å². The van der Waals surface area contributed by atoms with Crippen LogP contribution in [0.1, 0.15) is 53.2 Å². The van der Waals surface area contributed by atoms with Crippen molar-refractivity contribution in [3.63, 3.8) is 0 Å². The number of hydrogen-bond acceptors (Lipinski definition) is 2. The Morgan fingerprint density at radius 1 is 0.771 bits per heavy atom. The summed E-state index contributed by atoms with van der Waals surface area (Å²) in [7, 11) is 0. The molecule has 0 amide bonds. The van der Waals surface area contributed by atoms with Crippen molar-refractivity contribution in [2.24, 2.45) is 0 Å². The summed E-state index contributed by atoms with van der Waals surface area (Å²) < 4.78 is 0. The van der Waals surface area contributed by atoms with Crippen LogP contribution in [0.4, 0.5) is 0 Å². The van der Waals surface area contributed by atoms with Crippen LogP contribution in [0.25, 0.3) is 11.1 Å². The minimum Gasteiger partial charge on any atom is -0.481 e. The van der Waals surface area contributed by atoms with Crippen molar-refractivity contribution >= 4 is 5.97 Å². The molecule has 3 nitrogen and oxygen atoms in total. The number of aliphatic carboxylic acids is 1. The molecule has 0 saturated carbocycles. The molecule has 35 heavy (non-hydrogen) atoms. The van der Waals surface area contributed by atoms with Crippen LogP contribution in [-0.4, -0.2) is 16.0 Å². The van der Waals surface area contributed by atoms with E-state index >= 15 is 0 Å². The number of rotatable bonds is 9. The minimum atomic E-state index is -0.800. The molecule has 178 valence electrons. The quantitative estimate of drug-likeness (QED) is 0.276. The van der Waals surface area contributed by atoms with Gasteiger partial charge in [-0.15, -0.1) is 0 Å².